The summed E-state index contributed by atoms with van der Waals surface area (Å²) >= 11 is 5.72. The van der Waals surface area contributed by atoms with Crippen LogP contribution in [0.4, 0.5) is 0 Å². The summed E-state index contributed by atoms with van der Waals surface area (Å²) in [5.74, 6) is 0. The molecule has 0 heterocycles. The molecule has 0 nitrogen and oxygen atoms in total. The van der Waals surface area contributed by atoms with E-state index in [4.69, 9.17) is 11.6 Å². The van der Waals surface area contributed by atoms with Crippen LogP contribution in [-0.4, -0.2) is 0 Å². The highest BCUT2D eigenvalue weighted by molar-refractivity contribution is 6.30. The summed E-state index contributed by atoms with van der Waals surface area (Å²) < 4.78 is 0. The Morgan fingerprint density at radius 3 is 1.87 bits per heavy atom. The van der Waals surface area contributed by atoms with Crippen molar-refractivity contribution >= 4 is 11.6 Å². The van der Waals surface area contributed by atoms with Gasteiger partial charge in [-0.25, -0.2) is 0 Å². The summed E-state index contributed by atoms with van der Waals surface area (Å²) in [6.07, 6.45) is 13.1. The van der Waals surface area contributed by atoms with E-state index < -0.39 is 0 Å². The van der Waals surface area contributed by atoms with Crippen molar-refractivity contribution in [2.24, 2.45) is 0 Å². The minimum absolute atomic E-state index is 0.449. The summed E-state index contributed by atoms with van der Waals surface area (Å²) in [6.45, 7) is 29.6. The number of allylic oxidation sites excluding steroid dienone is 13. The first-order valence-electron chi connectivity index (χ1n) is 7.11. The highest BCUT2D eigenvalue weighted by Gasteiger charge is 2.10. The predicted molar refractivity (Wildman–Crippen MR) is 110 cm³/mol. The van der Waals surface area contributed by atoms with E-state index in [1.807, 2.05) is 38.2 Å². The van der Waals surface area contributed by atoms with Crippen LogP contribution in [0.2, 0.25) is 0 Å². The van der Waals surface area contributed by atoms with Crippen LogP contribution in [0.25, 0.3) is 0 Å². The Hall–Kier alpha value is -2.31. The molecule has 1 heteroatoms. The lowest BCUT2D eigenvalue weighted by atomic mass is 9.90. The second-order valence-corrected chi connectivity index (χ2v) is 4.80. The zero-order valence-electron chi connectivity index (χ0n) is 14.4. The van der Waals surface area contributed by atoms with Crippen molar-refractivity contribution in [3.05, 3.63) is 121 Å². The SMILES string of the molecule is C=C.C=C/C(=C\C=C/C)C(=C)/C(=C/C)C(=C)C(=C)/C=C\C(=C)Cl. The molecule has 0 bridgehead atoms. The van der Waals surface area contributed by atoms with Crippen molar-refractivity contribution in [3.63, 3.8) is 0 Å². The Kier molecular flexibility index (Phi) is 13.3. The van der Waals surface area contributed by atoms with E-state index in [1.165, 1.54) is 0 Å². The maximum absolute atomic E-state index is 5.72. The highest BCUT2D eigenvalue weighted by Crippen LogP contribution is 2.28. The Balaban J connectivity index is 0. The molecule has 0 aliphatic carbocycles. The van der Waals surface area contributed by atoms with Crippen LogP contribution in [-0.2, 0) is 0 Å². The minimum atomic E-state index is 0.449. The molecule has 0 unspecified atom stereocenters. The molecule has 0 aliphatic rings. The molecular formula is C22H27Cl. The molecule has 0 saturated carbocycles. The van der Waals surface area contributed by atoms with Gasteiger partial charge in [-0.3, -0.25) is 0 Å². The Morgan fingerprint density at radius 2 is 1.48 bits per heavy atom. The molecule has 0 rings (SSSR count). The molecule has 0 radical (unpaired) electrons. The standard InChI is InChI=1S/C20H23Cl.C2H4/c1-8-11-12-19(9-2)18(7)20(10-3)17(6)15(4)13-14-16(5)21;1-2/h8-14H,2,4-7H2,1,3H3;1-2H2/b11-8-,14-13-,19-12+,20-10+;. The summed E-state index contributed by atoms with van der Waals surface area (Å²) in [7, 11) is 0. The summed E-state index contributed by atoms with van der Waals surface area (Å²) in [5, 5.41) is 0.449. The maximum Gasteiger partial charge on any atom is 0.0334 e. The van der Waals surface area contributed by atoms with Gasteiger partial charge in [0.25, 0.3) is 0 Å². The lowest BCUT2D eigenvalue weighted by molar-refractivity contribution is 1.38. The van der Waals surface area contributed by atoms with E-state index in [9.17, 15) is 0 Å². The monoisotopic (exact) mass is 326 g/mol. The molecule has 0 spiro atoms. The highest BCUT2D eigenvalue weighted by atomic mass is 35.5. The van der Waals surface area contributed by atoms with E-state index in [-0.39, 0.29) is 0 Å². The fraction of sp³-hybridized carbons (Fsp3) is 0.0909. The topological polar surface area (TPSA) is 0 Å². The Labute approximate surface area is 147 Å². The van der Waals surface area contributed by atoms with Crippen molar-refractivity contribution in [1.29, 1.82) is 0 Å². The van der Waals surface area contributed by atoms with Gasteiger partial charge in [-0.2, -0.15) is 0 Å². The minimum Gasteiger partial charge on any atom is -0.106 e. The van der Waals surface area contributed by atoms with Crippen LogP contribution in [0.15, 0.2) is 121 Å². The first-order valence-corrected chi connectivity index (χ1v) is 7.49. The van der Waals surface area contributed by atoms with Gasteiger partial charge in [0.15, 0.2) is 0 Å². The van der Waals surface area contributed by atoms with Gasteiger partial charge in [-0.05, 0) is 47.8 Å². The third-order valence-corrected chi connectivity index (χ3v) is 2.95. The Bertz CT molecular complexity index is 589. The fourth-order valence-corrected chi connectivity index (χ4v) is 1.71. The number of hydrogen-bond donors (Lipinski definition) is 0. The molecule has 0 aromatic rings. The summed E-state index contributed by atoms with van der Waals surface area (Å²) in [6, 6.07) is 0. The smallest absolute Gasteiger partial charge is 0.0334 e. The third-order valence-electron chi connectivity index (χ3n) is 2.83. The molecule has 0 N–H and O–H groups in total. The van der Waals surface area contributed by atoms with Crippen LogP contribution in [0, 0.1) is 0 Å². The molecule has 0 atom stereocenters. The largest absolute Gasteiger partial charge is 0.106 e. The molecule has 0 aliphatic heterocycles. The first-order chi connectivity index (χ1) is 10.9. The fourth-order valence-electron chi connectivity index (χ4n) is 1.64. The van der Waals surface area contributed by atoms with Crippen LogP contribution in [0.5, 0.6) is 0 Å². The lowest BCUT2D eigenvalue weighted by Crippen LogP contribution is -1.96. The normalized spacial score (nSPS) is 11.8. The van der Waals surface area contributed by atoms with Crippen LogP contribution >= 0.6 is 11.6 Å². The van der Waals surface area contributed by atoms with Gasteiger partial charge in [-0.15, -0.1) is 13.2 Å². The summed E-state index contributed by atoms with van der Waals surface area (Å²) in [5.41, 5.74) is 4.29. The average molecular weight is 327 g/mol. The quantitative estimate of drug-likeness (QED) is 0.322. The summed E-state index contributed by atoms with van der Waals surface area (Å²) in [4.78, 5) is 0. The van der Waals surface area contributed by atoms with Gasteiger partial charge in [0, 0.05) is 5.03 Å². The average Bonchev–Trinajstić information content (AvgIpc) is 2.55. The molecule has 0 amide bonds. The van der Waals surface area contributed by atoms with E-state index in [0.29, 0.717) is 5.03 Å². The number of rotatable bonds is 8. The molecule has 0 saturated heterocycles. The van der Waals surface area contributed by atoms with Crippen LogP contribution in [0.3, 0.4) is 0 Å². The van der Waals surface area contributed by atoms with Crippen molar-refractivity contribution in [2.75, 3.05) is 0 Å². The van der Waals surface area contributed by atoms with E-state index in [0.717, 1.165) is 27.9 Å². The zero-order valence-corrected chi connectivity index (χ0v) is 15.1. The van der Waals surface area contributed by atoms with Crippen LogP contribution in [0.1, 0.15) is 13.8 Å². The molecule has 122 valence electrons. The van der Waals surface area contributed by atoms with Gasteiger partial charge in [-0.1, -0.05) is 81.0 Å². The van der Waals surface area contributed by atoms with Crippen LogP contribution < -0.4 is 0 Å². The molecule has 0 fully saturated rings. The molecule has 23 heavy (non-hydrogen) atoms. The van der Waals surface area contributed by atoms with E-state index >= 15 is 0 Å². The second-order valence-electron chi connectivity index (χ2n) is 4.32. The van der Waals surface area contributed by atoms with Crippen molar-refractivity contribution in [2.45, 2.75) is 13.8 Å². The van der Waals surface area contributed by atoms with Gasteiger partial charge >= 0.3 is 0 Å². The molecular weight excluding hydrogens is 300 g/mol. The first kappa shape index (κ1) is 23.0. The maximum atomic E-state index is 5.72. The molecule has 0 aromatic heterocycles. The van der Waals surface area contributed by atoms with Gasteiger partial charge in [0.1, 0.15) is 0 Å². The van der Waals surface area contributed by atoms with E-state index in [1.54, 1.807) is 18.2 Å². The Morgan fingerprint density at radius 1 is 0.913 bits per heavy atom. The zero-order chi connectivity index (χ0) is 18.4. The van der Waals surface area contributed by atoms with Crippen molar-refractivity contribution in [3.8, 4) is 0 Å². The predicted octanol–water partition coefficient (Wildman–Crippen LogP) is 7.40. The third kappa shape index (κ3) is 8.65. The number of halogens is 1. The molecule has 0 aromatic carbocycles. The lowest BCUT2D eigenvalue weighted by Gasteiger charge is -2.14. The van der Waals surface area contributed by atoms with E-state index in [2.05, 4.69) is 46.1 Å². The van der Waals surface area contributed by atoms with Gasteiger partial charge < -0.3 is 0 Å². The van der Waals surface area contributed by atoms with Gasteiger partial charge in [0.05, 0.1) is 0 Å². The van der Waals surface area contributed by atoms with Crippen molar-refractivity contribution in [1.82, 2.24) is 0 Å². The second kappa shape index (κ2) is 13.4. The van der Waals surface area contributed by atoms with Gasteiger partial charge in [0.2, 0.25) is 0 Å². The van der Waals surface area contributed by atoms with Crippen molar-refractivity contribution < 1.29 is 0 Å². The number of hydrogen-bond acceptors (Lipinski definition) is 0.